The minimum atomic E-state index is -0.207. The van der Waals surface area contributed by atoms with E-state index in [0.717, 1.165) is 11.4 Å². The van der Waals surface area contributed by atoms with E-state index in [4.69, 9.17) is 11.6 Å². The van der Waals surface area contributed by atoms with E-state index in [2.05, 4.69) is 27.4 Å². The molecule has 0 bridgehead atoms. The van der Waals surface area contributed by atoms with E-state index in [0.29, 0.717) is 36.1 Å². The van der Waals surface area contributed by atoms with Crippen LogP contribution in [0.5, 0.6) is 0 Å². The fourth-order valence-electron chi connectivity index (χ4n) is 2.91. The third-order valence-corrected chi connectivity index (χ3v) is 4.53. The molecule has 6 heteroatoms. The Bertz CT molecular complexity index is 946. The van der Waals surface area contributed by atoms with Gasteiger partial charge in [0.2, 0.25) is 0 Å². The summed E-state index contributed by atoms with van der Waals surface area (Å²) >= 11 is 6.00. The number of hydrogen-bond donors (Lipinski definition) is 1. The maximum atomic E-state index is 12.5. The quantitative estimate of drug-likeness (QED) is 0.656. The van der Waals surface area contributed by atoms with Gasteiger partial charge in [0.05, 0.1) is 0 Å². The highest BCUT2D eigenvalue weighted by molar-refractivity contribution is 6.30. The SMILES string of the molecule is Cc1nc(C(=O)NCCc2cccc(Cl)c2)cc(N(C)Cc2ccccc2)n1. The molecule has 5 nitrogen and oxygen atoms in total. The monoisotopic (exact) mass is 394 g/mol. The number of aryl methyl sites for hydroxylation is 1. The first-order chi connectivity index (χ1) is 13.5. The van der Waals surface area contributed by atoms with E-state index in [1.165, 1.54) is 5.56 Å². The lowest BCUT2D eigenvalue weighted by atomic mass is 10.1. The molecule has 0 spiro atoms. The maximum absolute atomic E-state index is 12.5. The van der Waals surface area contributed by atoms with Crippen molar-refractivity contribution in [2.24, 2.45) is 0 Å². The Morgan fingerprint density at radius 1 is 1.04 bits per heavy atom. The van der Waals surface area contributed by atoms with Crippen molar-refractivity contribution in [2.75, 3.05) is 18.5 Å². The summed E-state index contributed by atoms with van der Waals surface area (Å²) in [5, 5.41) is 3.61. The zero-order chi connectivity index (χ0) is 19.9. The molecule has 0 atom stereocenters. The predicted octanol–water partition coefficient (Wildman–Crippen LogP) is 4.05. The van der Waals surface area contributed by atoms with E-state index in [9.17, 15) is 4.79 Å². The molecule has 0 radical (unpaired) electrons. The van der Waals surface area contributed by atoms with E-state index in [1.807, 2.05) is 54.4 Å². The second-order valence-electron chi connectivity index (χ2n) is 6.64. The van der Waals surface area contributed by atoms with Crippen LogP contribution in [0.15, 0.2) is 60.7 Å². The normalized spacial score (nSPS) is 10.5. The Labute approximate surface area is 170 Å². The summed E-state index contributed by atoms with van der Waals surface area (Å²) in [6.45, 7) is 3.01. The van der Waals surface area contributed by atoms with Gasteiger partial charge in [-0.05, 0) is 36.6 Å². The van der Waals surface area contributed by atoms with Gasteiger partial charge in [-0.25, -0.2) is 9.97 Å². The van der Waals surface area contributed by atoms with Crippen LogP contribution in [0.2, 0.25) is 5.02 Å². The number of hydrogen-bond acceptors (Lipinski definition) is 4. The molecule has 0 saturated carbocycles. The van der Waals surface area contributed by atoms with Gasteiger partial charge in [0.25, 0.3) is 5.91 Å². The number of rotatable bonds is 7. The first-order valence-corrected chi connectivity index (χ1v) is 9.52. The summed E-state index contributed by atoms with van der Waals surface area (Å²) in [5.74, 6) is 1.08. The van der Waals surface area contributed by atoms with Crippen LogP contribution < -0.4 is 10.2 Å². The van der Waals surface area contributed by atoms with Crippen molar-refractivity contribution in [3.63, 3.8) is 0 Å². The summed E-state index contributed by atoms with van der Waals surface area (Å²) in [6, 6.07) is 19.5. The number of aromatic nitrogens is 2. The summed E-state index contributed by atoms with van der Waals surface area (Å²) < 4.78 is 0. The Balaban J connectivity index is 1.63. The molecule has 0 unspecified atom stereocenters. The highest BCUT2D eigenvalue weighted by atomic mass is 35.5. The molecule has 0 aliphatic heterocycles. The number of anilines is 1. The molecule has 3 aromatic rings. The third kappa shape index (κ3) is 5.54. The number of benzene rings is 2. The van der Waals surface area contributed by atoms with Crippen LogP contribution in [-0.4, -0.2) is 29.5 Å². The molecule has 3 rings (SSSR count). The van der Waals surface area contributed by atoms with Crippen LogP contribution in [0.4, 0.5) is 5.82 Å². The molecule has 1 heterocycles. The zero-order valence-corrected chi connectivity index (χ0v) is 16.8. The topological polar surface area (TPSA) is 58.1 Å². The molecular weight excluding hydrogens is 372 g/mol. The van der Waals surface area contributed by atoms with E-state index in [1.54, 1.807) is 13.0 Å². The molecule has 0 aliphatic carbocycles. The molecule has 0 aliphatic rings. The number of nitrogens with zero attached hydrogens (tertiary/aromatic N) is 3. The van der Waals surface area contributed by atoms with Crippen molar-refractivity contribution >= 4 is 23.3 Å². The Kier molecular flexibility index (Phi) is 6.61. The van der Waals surface area contributed by atoms with Gasteiger partial charge in [0.15, 0.2) is 0 Å². The Morgan fingerprint density at radius 2 is 1.79 bits per heavy atom. The summed E-state index contributed by atoms with van der Waals surface area (Å²) in [6.07, 6.45) is 0.705. The summed E-state index contributed by atoms with van der Waals surface area (Å²) in [7, 11) is 1.95. The first-order valence-electron chi connectivity index (χ1n) is 9.14. The number of carbonyl (C=O) groups excluding carboxylic acids is 1. The van der Waals surface area contributed by atoms with Crippen LogP contribution in [0.25, 0.3) is 0 Å². The van der Waals surface area contributed by atoms with Gasteiger partial charge in [0, 0.05) is 31.2 Å². The molecule has 0 saturated heterocycles. The zero-order valence-electron chi connectivity index (χ0n) is 16.0. The van der Waals surface area contributed by atoms with Gasteiger partial charge in [0.1, 0.15) is 17.3 Å². The molecule has 1 N–H and O–H groups in total. The molecule has 2 aromatic carbocycles. The van der Waals surface area contributed by atoms with Crippen molar-refractivity contribution in [1.82, 2.24) is 15.3 Å². The first kappa shape index (κ1) is 19.8. The second kappa shape index (κ2) is 9.33. The number of amides is 1. The van der Waals surface area contributed by atoms with Gasteiger partial charge in [-0.1, -0.05) is 54.1 Å². The van der Waals surface area contributed by atoms with Crippen molar-refractivity contribution < 1.29 is 4.79 Å². The lowest BCUT2D eigenvalue weighted by Crippen LogP contribution is -2.27. The highest BCUT2D eigenvalue weighted by Crippen LogP contribution is 2.15. The van der Waals surface area contributed by atoms with Crippen molar-refractivity contribution in [3.8, 4) is 0 Å². The van der Waals surface area contributed by atoms with Crippen LogP contribution in [0.1, 0.15) is 27.4 Å². The smallest absolute Gasteiger partial charge is 0.270 e. The number of nitrogens with one attached hydrogen (secondary N) is 1. The predicted molar refractivity (Wildman–Crippen MR) is 113 cm³/mol. The largest absolute Gasteiger partial charge is 0.355 e. The van der Waals surface area contributed by atoms with Gasteiger partial charge < -0.3 is 10.2 Å². The Morgan fingerprint density at radius 3 is 2.54 bits per heavy atom. The van der Waals surface area contributed by atoms with Crippen LogP contribution in [0, 0.1) is 6.92 Å². The average molecular weight is 395 g/mol. The van der Waals surface area contributed by atoms with Crippen molar-refractivity contribution in [1.29, 1.82) is 0 Å². The van der Waals surface area contributed by atoms with Gasteiger partial charge in [-0.15, -0.1) is 0 Å². The van der Waals surface area contributed by atoms with E-state index < -0.39 is 0 Å². The molecule has 1 aromatic heterocycles. The average Bonchev–Trinajstić information content (AvgIpc) is 2.68. The maximum Gasteiger partial charge on any atom is 0.270 e. The van der Waals surface area contributed by atoms with Crippen LogP contribution in [0.3, 0.4) is 0 Å². The van der Waals surface area contributed by atoms with Crippen molar-refractivity contribution in [3.05, 3.63) is 88.3 Å². The fourth-order valence-corrected chi connectivity index (χ4v) is 3.12. The molecule has 1 amide bonds. The van der Waals surface area contributed by atoms with Crippen LogP contribution in [-0.2, 0) is 13.0 Å². The van der Waals surface area contributed by atoms with E-state index >= 15 is 0 Å². The standard InChI is InChI=1S/C22H23ClN4O/c1-16-25-20(22(28)24-12-11-17-9-6-10-19(23)13-17)14-21(26-16)27(2)15-18-7-4-3-5-8-18/h3-10,13-14H,11-12,15H2,1-2H3,(H,24,28). The minimum absolute atomic E-state index is 0.207. The molecule has 144 valence electrons. The third-order valence-electron chi connectivity index (χ3n) is 4.30. The highest BCUT2D eigenvalue weighted by Gasteiger charge is 2.13. The van der Waals surface area contributed by atoms with Gasteiger partial charge in [-0.2, -0.15) is 0 Å². The van der Waals surface area contributed by atoms with E-state index in [-0.39, 0.29) is 5.91 Å². The number of halogens is 1. The fraction of sp³-hybridized carbons (Fsp3) is 0.227. The molecular formula is C22H23ClN4O. The van der Waals surface area contributed by atoms with Gasteiger partial charge >= 0.3 is 0 Å². The minimum Gasteiger partial charge on any atom is -0.355 e. The second-order valence-corrected chi connectivity index (χ2v) is 7.07. The summed E-state index contributed by atoms with van der Waals surface area (Å²) in [5.41, 5.74) is 2.62. The van der Waals surface area contributed by atoms with Crippen LogP contribution >= 0.6 is 11.6 Å². The lowest BCUT2D eigenvalue weighted by molar-refractivity contribution is 0.0949. The Hall–Kier alpha value is -2.92. The number of carbonyl (C=O) groups is 1. The molecule has 0 fully saturated rings. The molecule has 28 heavy (non-hydrogen) atoms. The lowest BCUT2D eigenvalue weighted by Gasteiger charge is -2.19. The van der Waals surface area contributed by atoms with Gasteiger partial charge in [-0.3, -0.25) is 4.79 Å². The van der Waals surface area contributed by atoms with Crippen molar-refractivity contribution in [2.45, 2.75) is 19.9 Å². The summed E-state index contributed by atoms with van der Waals surface area (Å²) in [4.78, 5) is 23.3.